The molecule has 0 saturated carbocycles. The highest BCUT2D eigenvalue weighted by atomic mass is 28.4. The zero-order valence-electron chi connectivity index (χ0n) is 21.9. The predicted molar refractivity (Wildman–Crippen MR) is 139 cm³/mol. The smallest absolute Gasteiger partial charge is 0.306 e. The molecule has 33 heavy (non-hydrogen) atoms. The largest absolute Gasteiger partial charge is 0.463 e. The summed E-state index contributed by atoms with van der Waals surface area (Å²) in [6.07, 6.45) is 7.80. The van der Waals surface area contributed by atoms with E-state index >= 15 is 0 Å². The van der Waals surface area contributed by atoms with E-state index in [1.807, 2.05) is 25.1 Å². The van der Waals surface area contributed by atoms with Crippen molar-refractivity contribution < 1.29 is 18.7 Å². The van der Waals surface area contributed by atoms with E-state index in [2.05, 4.69) is 65.8 Å². The second kappa shape index (κ2) is 13.5. The van der Waals surface area contributed by atoms with Gasteiger partial charge in [0.2, 0.25) is 8.32 Å². The number of esters is 1. The highest BCUT2D eigenvalue weighted by Crippen LogP contribution is 2.43. The molecule has 0 spiro atoms. The van der Waals surface area contributed by atoms with Crippen LogP contribution in [-0.2, 0) is 25.3 Å². The second-order valence-corrected chi connectivity index (χ2v) is 15.9. The van der Waals surface area contributed by atoms with Gasteiger partial charge < -0.3 is 13.9 Å². The molecule has 2 unspecified atom stereocenters. The molecule has 1 heterocycles. The third-order valence-electron chi connectivity index (χ3n) is 6.97. The Morgan fingerprint density at radius 1 is 0.939 bits per heavy atom. The lowest BCUT2D eigenvalue weighted by atomic mass is 10.1. The maximum atomic E-state index is 12.5. The van der Waals surface area contributed by atoms with E-state index < -0.39 is 8.32 Å². The zero-order chi connectivity index (χ0) is 24.4. The van der Waals surface area contributed by atoms with Crippen molar-refractivity contribution in [1.29, 1.82) is 0 Å². The minimum absolute atomic E-state index is 0.00133. The van der Waals surface area contributed by atoms with Crippen LogP contribution in [0.5, 0.6) is 0 Å². The first-order valence-electron chi connectivity index (χ1n) is 12.8. The van der Waals surface area contributed by atoms with Crippen molar-refractivity contribution in [2.24, 2.45) is 0 Å². The van der Waals surface area contributed by atoms with E-state index in [0.29, 0.717) is 36.1 Å². The number of carbonyl (C=O) groups excluding carboxylic acids is 1. The normalized spacial score (nSPS) is 24.4. The maximum absolute atomic E-state index is 12.5. The molecule has 2 rings (SSSR count). The summed E-state index contributed by atoms with van der Waals surface area (Å²) in [5, 5.41) is 0. The molecule has 0 radical (unpaired) electrons. The molecule has 0 saturated heterocycles. The number of rotatable bonds is 8. The summed E-state index contributed by atoms with van der Waals surface area (Å²) in [5.41, 5.74) is 2.72. The van der Waals surface area contributed by atoms with Crippen molar-refractivity contribution in [3.8, 4) is 0 Å². The molecule has 0 aromatic heterocycles. The lowest BCUT2D eigenvalue weighted by molar-refractivity contribution is -0.150. The lowest BCUT2D eigenvalue weighted by Crippen LogP contribution is -2.50. The van der Waals surface area contributed by atoms with Crippen molar-refractivity contribution in [2.45, 2.75) is 122 Å². The van der Waals surface area contributed by atoms with Crippen molar-refractivity contribution in [2.75, 3.05) is 0 Å². The van der Waals surface area contributed by atoms with Crippen molar-refractivity contribution in [3.05, 3.63) is 48.0 Å². The highest BCUT2D eigenvalue weighted by molar-refractivity contribution is 6.77. The van der Waals surface area contributed by atoms with Gasteiger partial charge in [-0.25, -0.2) is 0 Å². The van der Waals surface area contributed by atoms with Crippen LogP contribution >= 0.6 is 0 Å². The molecule has 1 aromatic carbocycles. The second-order valence-electron chi connectivity index (χ2n) is 10.5. The van der Waals surface area contributed by atoms with E-state index in [0.717, 1.165) is 24.8 Å². The summed E-state index contributed by atoms with van der Waals surface area (Å²) in [6.45, 7) is 16.4. The SMILES string of the molecule is CC(C)[Si](OC1C/C=C\CC(OCc2ccccc2)CCC(=O)O[C@@H](C)C1)(C(C)C)C(C)C. The summed E-state index contributed by atoms with van der Waals surface area (Å²) < 4.78 is 19.0. The monoisotopic (exact) mass is 474 g/mol. The third kappa shape index (κ3) is 8.38. The van der Waals surface area contributed by atoms with Gasteiger partial charge in [0.05, 0.1) is 18.8 Å². The van der Waals surface area contributed by atoms with E-state index in [1.54, 1.807) is 0 Å². The number of carbonyl (C=O) groups is 1. The summed E-state index contributed by atoms with van der Waals surface area (Å²) >= 11 is 0. The van der Waals surface area contributed by atoms with E-state index in [1.165, 1.54) is 0 Å². The molecule has 0 aliphatic carbocycles. The highest BCUT2D eigenvalue weighted by Gasteiger charge is 2.46. The molecule has 1 aliphatic rings. The third-order valence-corrected chi connectivity index (χ3v) is 13.1. The molecule has 1 aliphatic heterocycles. The summed E-state index contributed by atoms with van der Waals surface area (Å²) in [5.74, 6) is -0.140. The lowest BCUT2D eigenvalue weighted by Gasteiger charge is -2.45. The van der Waals surface area contributed by atoms with E-state index in [-0.39, 0.29) is 24.3 Å². The average molecular weight is 475 g/mol. The maximum Gasteiger partial charge on any atom is 0.306 e. The van der Waals surface area contributed by atoms with Gasteiger partial charge in [-0.1, -0.05) is 84.0 Å². The fourth-order valence-corrected chi connectivity index (χ4v) is 11.0. The number of cyclic esters (lactones) is 1. The number of ether oxygens (including phenoxy) is 2. The van der Waals surface area contributed by atoms with Gasteiger partial charge in [0.15, 0.2) is 0 Å². The Morgan fingerprint density at radius 3 is 2.09 bits per heavy atom. The Bertz CT molecular complexity index is 707. The molecular weight excluding hydrogens is 428 g/mol. The van der Waals surface area contributed by atoms with Crippen molar-refractivity contribution >= 4 is 14.3 Å². The Balaban J connectivity index is 2.13. The first-order chi connectivity index (χ1) is 15.6. The van der Waals surface area contributed by atoms with Gasteiger partial charge in [-0.2, -0.15) is 0 Å². The minimum Gasteiger partial charge on any atom is -0.463 e. The van der Waals surface area contributed by atoms with Gasteiger partial charge in [-0.05, 0) is 48.4 Å². The van der Waals surface area contributed by atoms with Gasteiger partial charge in [-0.15, -0.1) is 0 Å². The zero-order valence-corrected chi connectivity index (χ0v) is 22.9. The molecule has 0 fully saturated rings. The average Bonchev–Trinajstić information content (AvgIpc) is 2.74. The van der Waals surface area contributed by atoms with E-state index in [9.17, 15) is 4.79 Å². The van der Waals surface area contributed by atoms with Gasteiger partial charge in [0.25, 0.3) is 0 Å². The van der Waals surface area contributed by atoms with Gasteiger partial charge >= 0.3 is 5.97 Å². The predicted octanol–water partition coefficient (Wildman–Crippen LogP) is 7.58. The van der Waals surface area contributed by atoms with Crippen LogP contribution in [0.3, 0.4) is 0 Å². The fourth-order valence-electron chi connectivity index (χ4n) is 5.42. The van der Waals surface area contributed by atoms with Crippen molar-refractivity contribution in [1.82, 2.24) is 0 Å². The van der Waals surface area contributed by atoms with Gasteiger partial charge in [0, 0.05) is 12.8 Å². The van der Waals surface area contributed by atoms with Crippen molar-refractivity contribution in [3.63, 3.8) is 0 Å². The summed E-state index contributed by atoms with van der Waals surface area (Å²) in [7, 11) is -2.01. The molecule has 0 bridgehead atoms. The minimum atomic E-state index is -2.01. The fraction of sp³-hybridized carbons (Fsp3) is 0.679. The number of benzene rings is 1. The van der Waals surface area contributed by atoms with Gasteiger partial charge in [0.1, 0.15) is 6.10 Å². The standard InChI is InChI=1S/C28H46O4Si/c1-21(2)33(22(3)4,23(5)6)32-27-16-12-11-15-26(17-18-28(29)31-24(7)19-27)30-20-25-13-9-8-10-14-25/h8-14,21-24,26-27H,15-20H2,1-7H3/b12-11-/t24-,26?,27?/m0/s1. The van der Waals surface area contributed by atoms with Crippen LogP contribution in [0.15, 0.2) is 42.5 Å². The van der Waals surface area contributed by atoms with Crippen LogP contribution in [0, 0.1) is 0 Å². The van der Waals surface area contributed by atoms with Crippen LogP contribution in [0.1, 0.15) is 86.1 Å². The van der Waals surface area contributed by atoms with Gasteiger partial charge in [-0.3, -0.25) is 4.79 Å². The molecular formula is C28H46O4Si. The van der Waals surface area contributed by atoms with E-state index in [4.69, 9.17) is 13.9 Å². The molecule has 3 atom stereocenters. The summed E-state index contributed by atoms with van der Waals surface area (Å²) in [6, 6.07) is 10.2. The Hall–Kier alpha value is -1.43. The molecule has 4 nitrogen and oxygen atoms in total. The molecule has 0 N–H and O–H groups in total. The Kier molecular flexibility index (Phi) is 11.3. The Labute approximate surface area is 203 Å². The molecule has 0 amide bonds. The Morgan fingerprint density at radius 2 is 1.52 bits per heavy atom. The molecule has 1 aromatic rings. The van der Waals surface area contributed by atoms with Crippen LogP contribution < -0.4 is 0 Å². The van der Waals surface area contributed by atoms with Crippen LogP contribution in [-0.4, -0.2) is 32.6 Å². The number of hydrogen-bond donors (Lipinski definition) is 0. The molecule has 186 valence electrons. The summed E-state index contributed by atoms with van der Waals surface area (Å²) in [4.78, 5) is 12.5. The molecule has 5 heteroatoms. The topological polar surface area (TPSA) is 44.8 Å². The quantitative estimate of drug-likeness (QED) is 0.221. The van der Waals surface area contributed by atoms with Crippen LogP contribution in [0.2, 0.25) is 16.6 Å². The number of hydrogen-bond acceptors (Lipinski definition) is 4. The first-order valence-corrected chi connectivity index (χ1v) is 15.0. The first kappa shape index (κ1) is 27.8. The van der Waals surface area contributed by atoms with Crippen LogP contribution in [0.25, 0.3) is 0 Å². The van der Waals surface area contributed by atoms with Crippen LogP contribution in [0.4, 0.5) is 0 Å².